The summed E-state index contributed by atoms with van der Waals surface area (Å²) in [7, 11) is 0. The van der Waals surface area contributed by atoms with Crippen LogP contribution in [0.2, 0.25) is 10.0 Å². The fraction of sp³-hybridized carbons (Fsp3) is 0.500. The molecule has 5 heteroatoms. The van der Waals surface area contributed by atoms with E-state index >= 15 is 0 Å². The molecular weight excluding hydrogens is 405 g/mol. The fourth-order valence-electron chi connectivity index (χ4n) is 3.84. The molecule has 1 N–H and O–H groups in total. The van der Waals surface area contributed by atoms with Crippen LogP contribution in [-0.2, 0) is 13.2 Å². The maximum absolute atomic E-state index is 6.32. The third-order valence-corrected chi connectivity index (χ3v) is 6.02. The van der Waals surface area contributed by atoms with E-state index in [9.17, 15) is 0 Å². The van der Waals surface area contributed by atoms with Crippen LogP contribution in [0, 0.1) is 0 Å². The Morgan fingerprint density at radius 1 is 0.931 bits per heavy atom. The second-order valence-electron chi connectivity index (χ2n) is 7.62. The Morgan fingerprint density at radius 3 is 2.41 bits per heavy atom. The molecule has 1 aliphatic carbocycles. The molecule has 0 aromatic heterocycles. The summed E-state index contributed by atoms with van der Waals surface area (Å²) in [6.07, 6.45) is 9.23. The SMILES string of the molecule is CCOc1cccc(CNC2CCCCCCC2)c1OCc1ccc(Cl)cc1Cl. The van der Waals surface area contributed by atoms with E-state index in [1.807, 2.05) is 31.2 Å². The van der Waals surface area contributed by atoms with E-state index in [2.05, 4.69) is 11.4 Å². The average Bonchev–Trinajstić information content (AvgIpc) is 2.68. The maximum Gasteiger partial charge on any atom is 0.166 e. The Kier molecular flexibility index (Phi) is 8.97. The minimum absolute atomic E-state index is 0.372. The minimum atomic E-state index is 0.372. The van der Waals surface area contributed by atoms with E-state index in [0.29, 0.717) is 29.3 Å². The number of nitrogens with one attached hydrogen (secondary N) is 1. The van der Waals surface area contributed by atoms with Crippen molar-refractivity contribution in [1.82, 2.24) is 5.32 Å². The second kappa shape index (κ2) is 11.7. The van der Waals surface area contributed by atoms with Crippen molar-refractivity contribution in [3.63, 3.8) is 0 Å². The van der Waals surface area contributed by atoms with Gasteiger partial charge in [0.15, 0.2) is 11.5 Å². The van der Waals surface area contributed by atoms with Crippen molar-refractivity contribution in [1.29, 1.82) is 0 Å². The van der Waals surface area contributed by atoms with Gasteiger partial charge in [-0.1, -0.05) is 73.5 Å². The van der Waals surface area contributed by atoms with Gasteiger partial charge in [0.2, 0.25) is 0 Å². The Labute approximate surface area is 184 Å². The van der Waals surface area contributed by atoms with Crippen LogP contribution in [0.15, 0.2) is 36.4 Å². The largest absolute Gasteiger partial charge is 0.490 e. The lowest BCUT2D eigenvalue weighted by Gasteiger charge is -2.22. The molecule has 1 aliphatic rings. The van der Waals surface area contributed by atoms with Crippen molar-refractivity contribution in [2.75, 3.05) is 6.61 Å². The predicted octanol–water partition coefficient (Wildman–Crippen LogP) is 7.17. The molecule has 158 valence electrons. The smallest absolute Gasteiger partial charge is 0.166 e. The van der Waals surface area contributed by atoms with E-state index in [4.69, 9.17) is 32.7 Å². The van der Waals surface area contributed by atoms with Crippen molar-refractivity contribution in [3.05, 3.63) is 57.6 Å². The van der Waals surface area contributed by atoms with Gasteiger partial charge in [0.05, 0.1) is 6.61 Å². The Morgan fingerprint density at radius 2 is 1.69 bits per heavy atom. The molecule has 0 heterocycles. The predicted molar refractivity (Wildman–Crippen MR) is 121 cm³/mol. The van der Waals surface area contributed by atoms with Gasteiger partial charge in [-0.15, -0.1) is 0 Å². The van der Waals surface area contributed by atoms with E-state index < -0.39 is 0 Å². The van der Waals surface area contributed by atoms with Crippen molar-refractivity contribution >= 4 is 23.2 Å². The summed E-state index contributed by atoms with van der Waals surface area (Å²) >= 11 is 12.3. The molecular formula is C24H31Cl2NO2. The summed E-state index contributed by atoms with van der Waals surface area (Å²) < 4.78 is 12.1. The number of halogens is 2. The van der Waals surface area contributed by atoms with E-state index in [-0.39, 0.29) is 0 Å². The molecule has 0 atom stereocenters. The molecule has 29 heavy (non-hydrogen) atoms. The zero-order chi connectivity index (χ0) is 20.5. The van der Waals surface area contributed by atoms with Crippen LogP contribution in [-0.4, -0.2) is 12.6 Å². The first kappa shape index (κ1) is 22.3. The lowest BCUT2D eigenvalue weighted by atomic mass is 9.96. The first-order valence-electron chi connectivity index (χ1n) is 10.7. The highest BCUT2D eigenvalue weighted by molar-refractivity contribution is 6.35. The van der Waals surface area contributed by atoms with Gasteiger partial charge in [-0.3, -0.25) is 0 Å². The topological polar surface area (TPSA) is 30.5 Å². The molecule has 1 fully saturated rings. The van der Waals surface area contributed by atoms with Crippen LogP contribution in [0.1, 0.15) is 63.0 Å². The number of para-hydroxylation sites is 1. The second-order valence-corrected chi connectivity index (χ2v) is 8.47. The molecule has 0 spiro atoms. The molecule has 0 bridgehead atoms. The molecule has 0 saturated heterocycles. The Hall–Kier alpha value is -1.42. The number of rotatable bonds is 8. The van der Waals surface area contributed by atoms with Crippen LogP contribution < -0.4 is 14.8 Å². The third-order valence-electron chi connectivity index (χ3n) is 5.43. The van der Waals surface area contributed by atoms with Crippen LogP contribution in [0.25, 0.3) is 0 Å². The standard InChI is InChI=1S/C24H31Cl2NO2/c1-2-28-23-12-8-9-18(16-27-21-10-6-4-3-5-7-11-21)24(23)29-17-19-13-14-20(25)15-22(19)26/h8-9,12-15,21,27H,2-7,10-11,16-17H2,1H3. The molecule has 0 unspecified atom stereocenters. The van der Waals surface area contributed by atoms with Crippen LogP contribution in [0.5, 0.6) is 11.5 Å². The quantitative estimate of drug-likeness (QED) is 0.476. The number of hydrogen-bond donors (Lipinski definition) is 1. The van der Waals surface area contributed by atoms with Crippen LogP contribution in [0.3, 0.4) is 0 Å². The molecule has 2 aromatic rings. The fourth-order valence-corrected chi connectivity index (χ4v) is 4.30. The van der Waals surface area contributed by atoms with Crippen molar-refractivity contribution in [2.45, 2.75) is 71.1 Å². The van der Waals surface area contributed by atoms with Crippen molar-refractivity contribution < 1.29 is 9.47 Å². The van der Waals surface area contributed by atoms with Gasteiger partial charge < -0.3 is 14.8 Å². The Bertz CT molecular complexity index is 773. The van der Waals surface area contributed by atoms with Gasteiger partial charge in [0, 0.05) is 33.8 Å². The molecule has 0 radical (unpaired) electrons. The summed E-state index contributed by atoms with van der Waals surface area (Å²) in [6, 6.07) is 12.1. The van der Waals surface area contributed by atoms with Gasteiger partial charge in [-0.05, 0) is 38.0 Å². The highest BCUT2D eigenvalue weighted by atomic mass is 35.5. The van der Waals surface area contributed by atoms with Gasteiger partial charge >= 0.3 is 0 Å². The Balaban J connectivity index is 1.71. The molecule has 1 saturated carbocycles. The van der Waals surface area contributed by atoms with E-state index in [1.165, 1.54) is 44.9 Å². The summed E-state index contributed by atoms with van der Waals surface area (Å²) in [5.74, 6) is 1.56. The summed E-state index contributed by atoms with van der Waals surface area (Å²) in [6.45, 7) is 3.72. The van der Waals surface area contributed by atoms with Crippen LogP contribution in [0.4, 0.5) is 0 Å². The molecule has 2 aromatic carbocycles. The highest BCUT2D eigenvalue weighted by Gasteiger charge is 2.15. The summed E-state index contributed by atoms with van der Waals surface area (Å²) in [4.78, 5) is 0. The first-order valence-corrected chi connectivity index (χ1v) is 11.5. The molecule has 0 amide bonds. The lowest BCUT2D eigenvalue weighted by Crippen LogP contribution is -2.29. The highest BCUT2D eigenvalue weighted by Crippen LogP contribution is 2.33. The van der Waals surface area contributed by atoms with E-state index in [0.717, 1.165) is 29.2 Å². The van der Waals surface area contributed by atoms with Crippen LogP contribution >= 0.6 is 23.2 Å². The number of ether oxygens (including phenoxy) is 2. The zero-order valence-corrected chi connectivity index (χ0v) is 18.7. The van der Waals surface area contributed by atoms with Crippen molar-refractivity contribution in [3.8, 4) is 11.5 Å². The van der Waals surface area contributed by atoms with Gasteiger partial charge in [-0.25, -0.2) is 0 Å². The van der Waals surface area contributed by atoms with Crippen molar-refractivity contribution in [2.24, 2.45) is 0 Å². The van der Waals surface area contributed by atoms with Gasteiger partial charge in [0.25, 0.3) is 0 Å². The molecule has 3 rings (SSSR count). The average molecular weight is 436 g/mol. The first-order chi connectivity index (χ1) is 14.2. The minimum Gasteiger partial charge on any atom is -0.490 e. The maximum atomic E-state index is 6.32. The summed E-state index contributed by atoms with van der Waals surface area (Å²) in [5, 5.41) is 4.99. The van der Waals surface area contributed by atoms with E-state index in [1.54, 1.807) is 6.07 Å². The molecule has 0 aliphatic heterocycles. The van der Waals surface area contributed by atoms with Gasteiger partial charge in [0.1, 0.15) is 6.61 Å². The summed E-state index contributed by atoms with van der Waals surface area (Å²) in [5.41, 5.74) is 2.02. The zero-order valence-electron chi connectivity index (χ0n) is 17.2. The number of hydrogen-bond acceptors (Lipinski definition) is 3. The normalized spacial score (nSPS) is 15.6. The lowest BCUT2D eigenvalue weighted by molar-refractivity contribution is 0.265. The number of benzene rings is 2. The third kappa shape index (κ3) is 6.80. The van der Waals surface area contributed by atoms with Gasteiger partial charge in [-0.2, -0.15) is 0 Å². The molecule has 3 nitrogen and oxygen atoms in total. The monoisotopic (exact) mass is 435 g/mol.